The predicted molar refractivity (Wildman–Crippen MR) is 79.9 cm³/mol. The number of nitrogens with zero attached hydrogens (tertiary/aromatic N) is 3. The minimum atomic E-state index is -0.410. The fourth-order valence-electron chi connectivity index (χ4n) is 2.36. The third-order valence-corrected chi connectivity index (χ3v) is 3.15. The minimum Gasteiger partial charge on any atom is -0.409 e. The summed E-state index contributed by atoms with van der Waals surface area (Å²) in [5.74, 6) is -0.498. The molecule has 0 fully saturated rings. The van der Waals surface area contributed by atoms with Gasteiger partial charge in [0.05, 0.1) is 0 Å². The summed E-state index contributed by atoms with van der Waals surface area (Å²) in [6, 6.07) is 4.55. The Morgan fingerprint density at radius 3 is 2.60 bits per heavy atom. The van der Waals surface area contributed by atoms with Crippen molar-refractivity contribution in [3.05, 3.63) is 29.6 Å². The molecular weight excluding hydrogens is 259 g/mol. The number of rotatable bonds is 6. The van der Waals surface area contributed by atoms with E-state index in [-0.39, 0.29) is 11.9 Å². The number of hydrogen-bond acceptors (Lipinski definition) is 4. The van der Waals surface area contributed by atoms with Gasteiger partial charge < -0.3 is 20.7 Å². The van der Waals surface area contributed by atoms with Crippen molar-refractivity contribution in [2.24, 2.45) is 10.9 Å². The lowest BCUT2D eigenvalue weighted by Gasteiger charge is -2.33. The maximum absolute atomic E-state index is 13.4. The SMILES string of the molecule is CCN(c1ccc(F)cc1/C(N)=N/O)C(C)CN(C)C. The molecule has 6 heteroatoms. The first-order valence-corrected chi connectivity index (χ1v) is 6.59. The molecule has 1 aromatic carbocycles. The quantitative estimate of drug-likeness (QED) is 0.361. The number of oxime groups is 1. The van der Waals surface area contributed by atoms with E-state index in [1.807, 2.05) is 21.0 Å². The number of amidine groups is 1. The highest BCUT2D eigenvalue weighted by Crippen LogP contribution is 2.23. The van der Waals surface area contributed by atoms with Crippen molar-refractivity contribution in [1.82, 2.24) is 4.90 Å². The lowest BCUT2D eigenvalue weighted by atomic mass is 10.1. The van der Waals surface area contributed by atoms with E-state index >= 15 is 0 Å². The third kappa shape index (κ3) is 3.84. The Bertz CT molecular complexity index is 476. The van der Waals surface area contributed by atoms with Crippen LogP contribution in [0.1, 0.15) is 19.4 Å². The van der Waals surface area contributed by atoms with E-state index in [0.29, 0.717) is 5.56 Å². The van der Waals surface area contributed by atoms with Crippen molar-refractivity contribution in [2.75, 3.05) is 32.1 Å². The summed E-state index contributed by atoms with van der Waals surface area (Å²) in [4.78, 5) is 4.19. The van der Waals surface area contributed by atoms with Crippen molar-refractivity contribution >= 4 is 11.5 Å². The molecule has 1 unspecified atom stereocenters. The Morgan fingerprint density at radius 2 is 2.10 bits per heavy atom. The van der Waals surface area contributed by atoms with E-state index < -0.39 is 5.82 Å². The van der Waals surface area contributed by atoms with Crippen molar-refractivity contribution < 1.29 is 9.60 Å². The lowest BCUT2D eigenvalue weighted by molar-refractivity contribution is 0.318. The maximum Gasteiger partial charge on any atom is 0.172 e. The topological polar surface area (TPSA) is 65.1 Å². The van der Waals surface area contributed by atoms with Gasteiger partial charge in [-0.05, 0) is 46.1 Å². The van der Waals surface area contributed by atoms with Gasteiger partial charge in [-0.2, -0.15) is 0 Å². The third-order valence-electron chi connectivity index (χ3n) is 3.15. The van der Waals surface area contributed by atoms with Gasteiger partial charge in [0.1, 0.15) is 5.82 Å². The van der Waals surface area contributed by atoms with Crippen molar-refractivity contribution in [1.29, 1.82) is 0 Å². The van der Waals surface area contributed by atoms with E-state index in [2.05, 4.69) is 21.9 Å². The van der Waals surface area contributed by atoms with Gasteiger partial charge in [0.15, 0.2) is 5.84 Å². The second kappa shape index (κ2) is 7.09. The lowest BCUT2D eigenvalue weighted by Crippen LogP contribution is -2.41. The number of benzene rings is 1. The van der Waals surface area contributed by atoms with E-state index in [1.54, 1.807) is 6.07 Å². The van der Waals surface area contributed by atoms with Crippen LogP contribution in [0, 0.1) is 5.82 Å². The number of likely N-dealkylation sites (N-methyl/N-ethyl adjacent to an activating group) is 2. The van der Waals surface area contributed by atoms with Crippen LogP contribution in [0.2, 0.25) is 0 Å². The summed E-state index contributed by atoms with van der Waals surface area (Å²) >= 11 is 0. The Balaban J connectivity index is 3.21. The maximum atomic E-state index is 13.4. The Labute approximate surface area is 119 Å². The van der Waals surface area contributed by atoms with Crippen LogP contribution >= 0.6 is 0 Å². The molecule has 1 rings (SSSR count). The molecule has 20 heavy (non-hydrogen) atoms. The highest BCUT2D eigenvalue weighted by atomic mass is 19.1. The van der Waals surface area contributed by atoms with Gasteiger partial charge >= 0.3 is 0 Å². The molecule has 112 valence electrons. The van der Waals surface area contributed by atoms with Crippen LogP contribution in [0.15, 0.2) is 23.4 Å². The van der Waals surface area contributed by atoms with Crippen LogP contribution in [0.4, 0.5) is 10.1 Å². The Kier molecular flexibility index (Phi) is 5.76. The number of halogens is 1. The standard InChI is InChI=1S/C14H23FN4O/c1-5-19(10(2)9-18(3)4)13-7-6-11(15)8-12(13)14(16)17-20/h6-8,10,20H,5,9H2,1-4H3,(H2,16,17). The highest BCUT2D eigenvalue weighted by Gasteiger charge is 2.19. The van der Waals surface area contributed by atoms with Gasteiger partial charge in [-0.15, -0.1) is 0 Å². The highest BCUT2D eigenvalue weighted by molar-refractivity contribution is 6.02. The molecule has 0 aromatic heterocycles. The molecule has 0 aliphatic carbocycles. The van der Waals surface area contributed by atoms with E-state index in [4.69, 9.17) is 10.9 Å². The molecule has 0 saturated carbocycles. The molecule has 0 aliphatic rings. The molecular formula is C14H23FN4O. The van der Waals surface area contributed by atoms with Crippen LogP contribution in [0.3, 0.4) is 0 Å². The first kappa shape index (κ1) is 16.2. The molecule has 0 radical (unpaired) electrons. The molecule has 1 atom stereocenters. The van der Waals surface area contributed by atoms with Gasteiger partial charge in [-0.1, -0.05) is 5.16 Å². The summed E-state index contributed by atoms with van der Waals surface area (Å²) in [5.41, 5.74) is 6.82. The average molecular weight is 282 g/mol. The molecule has 0 heterocycles. The van der Waals surface area contributed by atoms with Crippen LogP contribution in [-0.4, -0.2) is 49.2 Å². The summed E-state index contributed by atoms with van der Waals surface area (Å²) in [6.07, 6.45) is 0. The van der Waals surface area contributed by atoms with Gasteiger partial charge in [-0.25, -0.2) is 4.39 Å². The van der Waals surface area contributed by atoms with Crippen molar-refractivity contribution in [3.63, 3.8) is 0 Å². The molecule has 1 aromatic rings. The zero-order valence-electron chi connectivity index (χ0n) is 12.5. The van der Waals surface area contributed by atoms with E-state index in [1.165, 1.54) is 12.1 Å². The van der Waals surface area contributed by atoms with Crippen molar-refractivity contribution in [2.45, 2.75) is 19.9 Å². The normalized spacial score (nSPS) is 13.6. The first-order chi connectivity index (χ1) is 9.40. The van der Waals surface area contributed by atoms with Crippen LogP contribution < -0.4 is 10.6 Å². The Morgan fingerprint density at radius 1 is 1.45 bits per heavy atom. The van der Waals surface area contributed by atoms with Crippen LogP contribution in [0.5, 0.6) is 0 Å². The van der Waals surface area contributed by atoms with E-state index in [9.17, 15) is 4.39 Å². The second-order valence-electron chi connectivity index (χ2n) is 5.04. The minimum absolute atomic E-state index is 0.0880. The molecule has 0 aliphatic heterocycles. The zero-order valence-corrected chi connectivity index (χ0v) is 12.5. The molecule has 0 amide bonds. The van der Waals surface area contributed by atoms with Crippen molar-refractivity contribution in [3.8, 4) is 0 Å². The summed E-state index contributed by atoms with van der Waals surface area (Å²) < 4.78 is 13.4. The fourth-order valence-corrected chi connectivity index (χ4v) is 2.36. The number of nitrogens with two attached hydrogens (primary N) is 1. The van der Waals surface area contributed by atoms with E-state index in [0.717, 1.165) is 18.8 Å². The second-order valence-corrected chi connectivity index (χ2v) is 5.04. The van der Waals surface area contributed by atoms with Crippen LogP contribution in [-0.2, 0) is 0 Å². The smallest absolute Gasteiger partial charge is 0.172 e. The number of hydrogen-bond donors (Lipinski definition) is 2. The molecule has 0 spiro atoms. The molecule has 0 saturated heterocycles. The predicted octanol–water partition coefficient (Wildman–Crippen LogP) is 1.70. The van der Waals surface area contributed by atoms with Gasteiger partial charge in [0, 0.05) is 30.4 Å². The summed E-state index contributed by atoms with van der Waals surface area (Å²) in [5, 5.41) is 11.8. The largest absolute Gasteiger partial charge is 0.409 e. The Hall–Kier alpha value is -1.82. The molecule has 5 nitrogen and oxygen atoms in total. The fraction of sp³-hybridized carbons (Fsp3) is 0.500. The zero-order chi connectivity index (χ0) is 15.3. The van der Waals surface area contributed by atoms with Gasteiger partial charge in [0.25, 0.3) is 0 Å². The number of anilines is 1. The monoisotopic (exact) mass is 282 g/mol. The first-order valence-electron chi connectivity index (χ1n) is 6.59. The molecule has 0 bridgehead atoms. The average Bonchev–Trinajstić information content (AvgIpc) is 2.39. The van der Waals surface area contributed by atoms with Gasteiger partial charge in [-0.3, -0.25) is 0 Å². The van der Waals surface area contributed by atoms with Crippen LogP contribution in [0.25, 0.3) is 0 Å². The summed E-state index contributed by atoms with van der Waals surface area (Å²) in [7, 11) is 4.00. The van der Waals surface area contributed by atoms with Gasteiger partial charge in [0.2, 0.25) is 0 Å². The summed E-state index contributed by atoms with van der Waals surface area (Å²) in [6.45, 7) is 5.70. The molecule has 3 N–H and O–H groups in total.